The third-order valence-electron chi connectivity index (χ3n) is 4.48. The van der Waals surface area contributed by atoms with E-state index in [0.717, 1.165) is 10.8 Å². The molecule has 0 aromatic carbocycles. The van der Waals surface area contributed by atoms with Gasteiger partial charge in [0, 0.05) is 0 Å². The fraction of sp³-hybridized carbons (Fsp3) is 0.462. The van der Waals surface area contributed by atoms with Crippen molar-refractivity contribution in [3.63, 3.8) is 0 Å². The Bertz CT molecular complexity index is 1240. The molecule has 0 saturated carbocycles. The van der Waals surface area contributed by atoms with E-state index in [4.69, 9.17) is 20.3 Å². The molecule has 2 aromatic rings. The minimum Gasteiger partial charge on any atom is -0.387 e. The molecule has 1 fully saturated rings. The number of nitriles is 1. The van der Waals surface area contributed by atoms with Crippen molar-refractivity contribution in [2.45, 2.75) is 23.9 Å². The fourth-order valence-corrected chi connectivity index (χ4v) is 7.51. The average molecular weight is 529 g/mol. The van der Waals surface area contributed by atoms with Gasteiger partial charge in [0.15, 0.2) is 11.7 Å². The van der Waals surface area contributed by atoms with Crippen molar-refractivity contribution in [2.24, 2.45) is 0 Å². The van der Waals surface area contributed by atoms with E-state index in [-0.39, 0.29) is 17.0 Å². The molecule has 0 spiro atoms. The second-order valence-electron chi connectivity index (χ2n) is 6.89. The molecule has 8 N–H and O–H groups in total. The van der Waals surface area contributed by atoms with Crippen LogP contribution in [0.2, 0.25) is 0 Å². The second-order valence-corrected chi connectivity index (χ2v) is 12.5. The zero-order valence-corrected chi connectivity index (χ0v) is 18.9. The molecular formula is C13H18N5O12P3. The van der Waals surface area contributed by atoms with Crippen LogP contribution in [0.3, 0.4) is 0 Å². The summed E-state index contributed by atoms with van der Waals surface area (Å²) in [6.45, 7) is -1.04. The Morgan fingerprint density at radius 2 is 1.91 bits per heavy atom. The number of nitrogen functional groups attached to an aromatic ring is 1. The SMILES string of the molecule is N#C[C@@]1(c2ccc3c(N)ncnn23)O[C@H](COP(=O)(O)OP(=O)(O)CP(=O)(O)O)[C@@H](O)[C@H]1O. The third kappa shape index (κ3) is 5.33. The van der Waals surface area contributed by atoms with Crippen molar-refractivity contribution in [1.82, 2.24) is 14.6 Å². The van der Waals surface area contributed by atoms with Crippen LogP contribution in [0.15, 0.2) is 18.5 Å². The Kier molecular flexibility index (Phi) is 6.89. The predicted octanol–water partition coefficient (Wildman–Crippen LogP) is -1.39. The van der Waals surface area contributed by atoms with E-state index >= 15 is 0 Å². The van der Waals surface area contributed by atoms with Crippen molar-refractivity contribution in [3.05, 3.63) is 24.2 Å². The molecule has 3 rings (SSSR count). The van der Waals surface area contributed by atoms with Gasteiger partial charge in [-0.15, -0.1) is 0 Å². The zero-order valence-electron chi connectivity index (χ0n) is 16.2. The van der Waals surface area contributed by atoms with Gasteiger partial charge in [0.05, 0.1) is 12.3 Å². The molecule has 2 aromatic heterocycles. The van der Waals surface area contributed by atoms with Crippen LogP contribution in [-0.2, 0) is 32.9 Å². The molecule has 0 amide bonds. The first kappa shape index (κ1) is 25.9. The molecule has 0 bridgehead atoms. The number of nitrogens with zero attached hydrogens (tertiary/aromatic N) is 4. The van der Waals surface area contributed by atoms with Gasteiger partial charge in [-0.25, -0.2) is 18.4 Å². The Labute approximate surface area is 184 Å². The molecule has 0 radical (unpaired) electrons. The first-order chi connectivity index (χ1) is 15.1. The van der Waals surface area contributed by atoms with Gasteiger partial charge in [-0.1, -0.05) is 0 Å². The van der Waals surface area contributed by atoms with Gasteiger partial charge in [0.1, 0.15) is 36.2 Å². The third-order valence-corrected chi connectivity index (χ3v) is 9.71. The molecule has 2 unspecified atom stereocenters. The highest BCUT2D eigenvalue weighted by Gasteiger charge is 2.58. The van der Waals surface area contributed by atoms with Crippen LogP contribution < -0.4 is 5.73 Å². The van der Waals surface area contributed by atoms with E-state index in [1.54, 1.807) is 6.07 Å². The highest BCUT2D eigenvalue weighted by molar-refractivity contribution is 7.73. The quantitative estimate of drug-likeness (QED) is 0.194. The molecule has 1 saturated heterocycles. The summed E-state index contributed by atoms with van der Waals surface area (Å²) in [5, 5.41) is 34.6. The van der Waals surface area contributed by atoms with Gasteiger partial charge in [-0.05, 0) is 12.1 Å². The highest BCUT2D eigenvalue weighted by Crippen LogP contribution is 2.65. The molecule has 1 aliphatic heterocycles. The molecular weight excluding hydrogens is 511 g/mol. The monoisotopic (exact) mass is 529 g/mol. The number of hydrogen-bond donors (Lipinski definition) is 7. The summed E-state index contributed by atoms with van der Waals surface area (Å²) < 4.78 is 49.5. The number of aliphatic hydroxyl groups excluding tert-OH is 2. The largest absolute Gasteiger partial charge is 0.479 e. The van der Waals surface area contributed by atoms with E-state index in [2.05, 4.69) is 18.9 Å². The summed E-state index contributed by atoms with van der Waals surface area (Å²) in [6.07, 6.45) is -4.33. The number of rotatable bonds is 8. The maximum atomic E-state index is 12.0. The number of phosphoric acid groups is 1. The standard InChI is InChI=1S/C13H18N5O12P3/c14-4-13(9-2-1-7-12(15)16-5-17-18(7)9)11(20)10(19)8(29-13)3-28-33(26,27)30-32(24,25)6-31(21,22)23/h1-2,5,8,10-11,19-20H,3,6H2,(H,24,25)(H,26,27)(H2,15,16,17)(H2,21,22,23)/t8-,10-,11-,13+/m1/s1. The van der Waals surface area contributed by atoms with E-state index < -0.39 is 59.4 Å². The number of fused-ring (bicyclic) bond motifs is 1. The van der Waals surface area contributed by atoms with Crippen LogP contribution in [0.25, 0.3) is 5.52 Å². The minimum atomic E-state index is -5.41. The molecule has 182 valence electrons. The summed E-state index contributed by atoms with van der Waals surface area (Å²) in [7, 11) is -15.8. The number of phosphoric ester groups is 1. The van der Waals surface area contributed by atoms with E-state index in [1.165, 1.54) is 12.1 Å². The van der Waals surface area contributed by atoms with Crippen molar-refractivity contribution in [3.8, 4) is 6.07 Å². The van der Waals surface area contributed by atoms with Crippen molar-refractivity contribution >= 4 is 34.3 Å². The van der Waals surface area contributed by atoms with Crippen LogP contribution in [0, 0.1) is 11.3 Å². The molecule has 17 nitrogen and oxygen atoms in total. The summed E-state index contributed by atoms with van der Waals surface area (Å²) in [6, 6.07) is 4.47. The van der Waals surface area contributed by atoms with Gasteiger partial charge in [0.2, 0.25) is 5.60 Å². The fourth-order valence-electron chi connectivity index (χ4n) is 3.16. The predicted molar refractivity (Wildman–Crippen MR) is 105 cm³/mol. The number of hydrogen-bond acceptors (Lipinski definition) is 12. The summed E-state index contributed by atoms with van der Waals surface area (Å²) in [5.74, 6) is -1.71. The Balaban J connectivity index is 1.80. The van der Waals surface area contributed by atoms with Crippen LogP contribution >= 0.6 is 23.0 Å². The van der Waals surface area contributed by atoms with Gasteiger partial charge in [-0.3, -0.25) is 13.7 Å². The van der Waals surface area contributed by atoms with Crippen LogP contribution in [-0.4, -0.2) is 75.2 Å². The zero-order chi connectivity index (χ0) is 24.8. The van der Waals surface area contributed by atoms with Gasteiger partial charge in [-0.2, -0.15) is 10.4 Å². The van der Waals surface area contributed by atoms with Crippen molar-refractivity contribution in [1.29, 1.82) is 5.26 Å². The maximum absolute atomic E-state index is 12.0. The molecule has 0 aliphatic carbocycles. The smallest absolute Gasteiger partial charge is 0.387 e. The second kappa shape index (κ2) is 8.79. The van der Waals surface area contributed by atoms with Gasteiger partial charge in [0.25, 0.3) is 0 Å². The number of aliphatic hydroxyl groups is 2. The number of aromatic nitrogens is 3. The lowest BCUT2D eigenvalue weighted by Gasteiger charge is -2.24. The minimum absolute atomic E-state index is 0.0411. The van der Waals surface area contributed by atoms with Gasteiger partial charge >= 0.3 is 23.0 Å². The number of nitrogens with two attached hydrogens (primary N) is 1. The van der Waals surface area contributed by atoms with Crippen LogP contribution in [0.5, 0.6) is 0 Å². The summed E-state index contributed by atoms with van der Waals surface area (Å²) in [5.41, 5.74) is 3.68. The maximum Gasteiger partial charge on any atom is 0.479 e. The Morgan fingerprint density at radius 3 is 2.52 bits per heavy atom. The van der Waals surface area contributed by atoms with Crippen molar-refractivity contribution < 1.29 is 57.1 Å². The highest BCUT2D eigenvalue weighted by atomic mass is 31.3. The Morgan fingerprint density at radius 1 is 1.24 bits per heavy atom. The first-order valence-electron chi connectivity index (χ1n) is 8.70. The van der Waals surface area contributed by atoms with Crippen LogP contribution in [0.1, 0.15) is 5.69 Å². The van der Waals surface area contributed by atoms with Crippen LogP contribution in [0.4, 0.5) is 5.82 Å². The Hall–Kier alpha value is -1.76. The van der Waals surface area contributed by atoms with Crippen molar-refractivity contribution in [2.75, 3.05) is 18.2 Å². The van der Waals surface area contributed by atoms with E-state index in [0.29, 0.717) is 0 Å². The normalized spacial score (nSPS) is 29.4. The average Bonchev–Trinajstić information content (AvgIpc) is 3.20. The molecule has 6 atom stereocenters. The molecule has 1 aliphatic rings. The first-order valence-corrected chi connectivity index (χ1v) is 13.8. The lowest BCUT2D eigenvalue weighted by Crippen LogP contribution is -2.41. The number of ether oxygens (including phenoxy) is 1. The van der Waals surface area contributed by atoms with Gasteiger partial charge < -0.3 is 40.3 Å². The lowest BCUT2D eigenvalue weighted by atomic mass is 9.92. The topological polar surface area (TPSA) is 280 Å². The molecule has 20 heteroatoms. The summed E-state index contributed by atoms with van der Waals surface area (Å²) >= 11 is 0. The van der Waals surface area contributed by atoms with E-state index in [9.17, 15) is 39.0 Å². The van der Waals surface area contributed by atoms with E-state index in [1.807, 2.05) is 0 Å². The molecule has 3 heterocycles. The lowest BCUT2D eigenvalue weighted by molar-refractivity contribution is -0.0633. The summed E-state index contributed by atoms with van der Waals surface area (Å²) in [4.78, 5) is 40.3. The molecule has 33 heavy (non-hydrogen) atoms. The number of anilines is 1.